The van der Waals surface area contributed by atoms with Crippen molar-refractivity contribution in [1.82, 2.24) is 0 Å². The first-order chi connectivity index (χ1) is 8.00. The van der Waals surface area contributed by atoms with Crippen molar-refractivity contribution in [3.05, 3.63) is 65.7 Å². The first-order valence-corrected chi connectivity index (χ1v) is 9.64. The van der Waals surface area contributed by atoms with Crippen LogP contribution in [-0.4, -0.2) is 8.07 Å². The Labute approximate surface area is 110 Å². The fraction of sp³-hybridized carbons (Fsp3) is 0.200. The standard InChI is InChI=1S/C9H14Si.C6H5Cl/c1-10(2,3)9-7-5-4-6-8-9;7-6-4-2-1-3-5-6/h4-8H,1-3H3;1-5H. The van der Waals surface area contributed by atoms with Crippen molar-refractivity contribution in [1.29, 1.82) is 0 Å². The van der Waals surface area contributed by atoms with Gasteiger partial charge in [0.05, 0.1) is 8.07 Å². The van der Waals surface area contributed by atoms with E-state index in [1.54, 1.807) is 0 Å². The molecule has 2 aromatic carbocycles. The van der Waals surface area contributed by atoms with Crippen LogP contribution in [0, 0.1) is 0 Å². The summed E-state index contributed by atoms with van der Waals surface area (Å²) in [5.74, 6) is 0. The van der Waals surface area contributed by atoms with Gasteiger partial charge in [0.2, 0.25) is 0 Å². The Morgan fingerprint density at radius 3 is 1.35 bits per heavy atom. The molecule has 0 saturated carbocycles. The maximum Gasteiger partial charge on any atom is 0.0775 e. The smallest absolute Gasteiger partial charge is 0.0775 e. The molecule has 0 spiro atoms. The van der Waals surface area contributed by atoms with E-state index < -0.39 is 8.07 Å². The molecule has 0 aliphatic rings. The summed E-state index contributed by atoms with van der Waals surface area (Å²) < 4.78 is 0. The third kappa shape index (κ3) is 5.71. The predicted molar refractivity (Wildman–Crippen MR) is 80.9 cm³/mol. The molecule has 0 heterocycles. The van der Waals surface area contributed by atoms with E-state index in [1.807, 2.05) is 30.3 Å². The van der Waals surface area contributed by atoms with E-state index in [0.29, 0.717) is 0 Å². The van der Waals surface area contributed by atoms with Gasteiger partial charge in [-0.3, -0.25) is 0 Å². The Morgan fingerprint density at radius 2 is 1.12 bits per heavy atom. The highest BCUT2D eigenvalue weighted by molar-refractivity contribution is 6.88. The molecule has 0 fully saturated rings. The molecule has 0 unspecified atom stereocenters. The number of hydrogen-bond acceptors (Lipinski definition) is 0. The zero-order valence-corrected chi connectivity index (χ0v) is 12.4. The third-order valence-electron chi connectivity index (χ3n) is 2.37. The SMILES string of the molecule is C[Si](C)(C)c1ccccc1.Clc1ccccc1. The number of halogens is 1. The van der Waals surface area contributed by atoms with Gasteiger partial charge in [-0.1, -0.05) is 85.0 Å². The van der Waals surface area contributed by atoms with Gasteiger partial charge in [0.25, 0.3) is 0 Å². The molecule has 2 heteroatoms. The largest absolute Gasteiger partial charge is 0.0843 e. The molecular weight excluding hydrogens is 244 g/mol. The Kier molecular flexibility index (Phi) is 5.46. The predicted octanol–water partition coefficient (Wildman–Crippen LogP) is 4.57. The van der Waals surface area contributed by atoms with Gasteiger partial charge in [-0.2, -0.15) is 0 Å². The number of hydrogen-bond donors (Lipinski definition) is 0. The first kappa shape index (κ1) is 14.0. The van der Waals surface area contributed by atoms with Gasteiger partial charge in [-0.15, -0.1) is 0 Å². The fourth-order valence-corrected chi connectivity index (χ4v) is 2.69. The van der Waals surface area contributed by atoms with Crippen LogP contribution in [0.25, 0.3) is 0 Å². The number of benzene rings is 2. The van der Waals surface area contributed by atoms with E-state index in [9.17, 15) is 0 Å². The minimum atomic E-state index is -1.03. The molecule has 0 radical (unpaired) electrons. The van der Waals surface area contributed by atoms with Crippen LogP contribution in [0.5, 0.6) is 0 Å². The van der Waals surface area contributed by atoms with Crippen LogP contribution in [-0.2, 0) is 0 Å². The van der Waals surface area contributed by atoms with Gasteiger partial charge in [0, 0.05) is 5.02 Å². The second-order valence-electron chi connectivity index (χ2n) is 4.91. The van der Waals surface area contributed by atoms with Gasteiger partial charge in [-0.05, 0) is 12.1 Å². The maximum absolute atomic E-state index is 5.54. The average molecular weight is 263 g/mol. The van der Waals surface area contributed by atoms with Crippen molar-refractivity contribution in [2.45, 2.75) is 19.6 Å². The lowest BCUT2D eigenvalue weighted by molar-refractivity contribution is 1.68. The van der Waals surface area contributed by atoms with Crippen molar-refractivity contribution in [2.75, 3.05) is 0 Å². The van der Waals surface area contributed by atoms with Crippen LogP contribution >= 0.6 is 11.6 Å². The molecule has 0 atom stereocenters. The summed E-state index contributed by atoms with van der Waals surface area (Å²) in [7, 11) is -1.03. The second kappa shape index (κ2) is 6.63. The van der Waals surface area contributed by atoms with Crippen LogP contribution in [0.4, 0.5) is 0 Å². The summed E-state index contributed by atoms with van der Waals surface area (Å²) in [6.07, 6.45) is 0. The molecule has 2 aromatic rings. The highest BCUT2D eigenvalue weighted by Crippen LogP contribution is 2.03. The Morgan fingerprint density at radius 1 is 0.706 bits per heavy atom. The van der Waals surface area contributed by atoms with E-state index in [1.165, 1.54) is 5.19 Å². The van der Waals surface area contributed by atoms with Crippen molar-refractivity contribution < 1.29 is 0 Å². The van der Waals surface area contributed by atoms with Crippen LogP contribution in [0.2, 0.25) is 24.7 Å². The van der Waals surface area contributed by atoms with Crippen LogP contribution in [0.1, 0.15) is 0 Å². The van der Waals surface area contributed by atoms with Crippen LogP contribution < -0.4 is 5.19 Å². The maximum atomic E-state index is 5.54. The summed E-state index contributed by atoms with van der Waals surface area (Å²) in [5, 5.41) is 2.33. The van der Waals surface area contributed by atoms with Crippen LogP contribution in [0.3, 0.4) is 0 Å². The Balaban J connectivity index is 0.000000181. The van der Waals surface area contributed by atoms with Gasteiger partial charge < -0.3 is 0 Å². The molecule has 0 bridgehead atoms. The lowest BCUT2D eigenvalue weighted by Gasteiger charge is -2.15. The quantitative estimate of drug-likeness (QED) is 0.661. The molecular formula is C15H19ClSi. The molecule has 0 aliphatic carbocycles. The van der Waals surface area contributed by atoms with Crippen molar-refractivity contribution >= 4 is 24.9 Å². The van der Waals surface area contributed by atoms with E-state index in [-0.39, 0.29) is 0 Å². The molecule has 90 valence electrons. The zero-order chi connectivity index (χ0) is 12.7. The molecule has 0 N–H and O–H groups in total. The zero-order valence-electron chi connectivity index (χ0n) is 10.7. The van der Waals surface area contributed by atoms with E-state index in [2.05, 4.69) is 50.0 Å². The highest BCUT2D eigenvalue weighted by Gasteiger charge is 2.14. The highest BCUT2D eigenvalue weighted by atomic mass is 35.5. The lowest BCUT2D eigenvalue weighted by atomic mass is 10.4. The van der Waals surface area contributed by atoms with Crippen molar-refractivity contribution in [3.63, 3.8) is 0 Å². The Bertz CT molecular complexity index is 418. The van der Waals surface area contributed by atoms with Gasteiger partial charge in [0.15, 0.2) is 0 Å². The van der Waals surface area contributed by atoms with E-state index in [4.69, 9.17) is 11.6 Å². The number of rotatable bonds is 1. The molecule has 0 amide bonds. The summed E-state index contributed by atoms with van der Waals surface area (Å²) in [6.45, 7) is 7.09. The Hall–Kier alpha value is -1.05. The van der Waals surface area contributed by atoms with Gasteiger partial charge >= 0.3 is 0 Å². The van der Waals surface area contributed by atoms with Crippen molar-refractivity contribution in [2.24, 2.45) is 0 Å². The molecule has 0 aliphatic heterocycles. The molecule has 2 rings (SSSR count). The summed E-state index contributed by atoms with van der Waals surface area (Å²) >= 11 is 5.54. The monoisotopic (exact) mass is 262 g/mol. The molecule has 0 aromatic heterocycles. The first-order valence-electron chi connectivity index (χ1n) is 5.76. The second-order valence-corrected chi connectivity index (χ2v) is 10.4. The molecule has 17 heavy (non-hydrogen) atoms. The van der Waals surface area contributed by atoms with E-state index >= 15 is 0 Å². The minimum Gasteiger partial charge on any atom is -0.0843 e. The van der Waals surface area contributed by atoms with Crippen LogP contribution in [0.15, 0.2) is 60.7 Å². The van der Waals surface area contributed by atoms with Crippen molar-refractivity contribution in [3.8, 4) is 0 Å². The normalized spacial score (nSPS) is 10.4. The topological polar surface area (TPSA) is 0 Å². The summed E-state index contributed by atoms with van der Waals surface area (Å²) in [4.78, 5) is 0. The summed E-state index contributed by atoms with van der Waals surface area (Å²) in [5.41, 5.74) is 0. The molecule has 0 saturated heterocycles. The summed E-state index contributed by atoms with van der Waals surface area (Å²) in [6, 6.07) is 20.2. The third-order valence-corrected chi connectivity index (χ3v) is 4.69. The average Bonchev–Trinajstić information content (AvgIpc) is 2.31. The minimum absolute atomic E-state index is 0.794. The van der Waals surface area contributed by atoms with Gasteiger partial charge in [-0.25, -0.2) is 0 Å². The fourth-order valence-electron chi connectivity index (χ4n) is 1.35. The molecule has 0 nitrogen and oxygen atoms in total. The van der Waals surface area contributed by atoms with Gasteiger partial charge in [0.1, 0.15) is 0 Å². The van der Waals surface area contributed by atoms with E-state index in [0.717, 1.165) is 5.02 Å². The lowest BCUT2D eigenvalue weighted by Crippen LogP contribution is -2.37.